The molecule has 0 saturated heterocycles. The molecule has 0 saturated carbocycles. The van der Waals surface area contributed by atoms with Crippen LogP contribution in [0.1, 0.15) is 26.4 Å². The number of amides is 1. The van der Waals surface area contributed by atoms with E-state index in [9.17, 15) is 9.59 Å². The zero-order chi connectivity index (χ0) is 18.0. The van der Waals surface area contributed by atoms with Crippen molar-refractivity contribution in [2.75, 3.05) is 0 Å². The normalized spacial score (nSPS) is 10.6. The minimum absolute atomic E-state index is 0.0750. The van der Waals surface area contributed by atoms with E-state index in [-0.39, 0.29) is 17.9 Å². The first-order valence-electron chi connectivity index (χ1n) is 7.29. The molecule has 6 nitrogen and oxygen atoms in total. The number of carboxylic acids is 1. The van der Waals surface area contributed by atoms with Gasteiger partial charge in [-0.1, -0.05) is 23.7 Å². The molecule has 1 amide bonds. The lowest BCUT2D eigenvalue weighted by Crippen LogP contribution is -2.13. The minimum Gasteiger partial charge on any atom is -0.488 e. The summed E-state index contributed by atoms with van der Waals surface area (Å²) >= 11 is 5.97. The average Bonchev–Trinajstić information content (AvgIpc) is 2.59. The fourth-order valence-corrected chi connectivity index (χ4v) is 2.49. The minimum atomic E-state index is -0.990. The van der Waals surface area contributed by atoms with Gasteiger partial charge < -0.3 is 15.6 Å². The predicted octanol–water partition coefficient (Wildman–Crippen LogP) is 3.26. The highest BCUT2D eigenvalue weighted by Crippen LogP contribution is 2.28. The summed E-state index contributed by atoms with van der Waals surface area (Å²) in [6.07, 6.45) is 0. The van der Waals surface area contributed by atoms with Crippen molar-refractivity contribution in [3.8, 4) is 5.75 Å². The fourth-order valence-electron chi connectivity index (χ4n) is 2.32. The molecule has 0 aliphatic heterocycles. The van der Waals surface area contributed by atoms with E-state index in [1.54, 1.807) is 30.3 Å². The van der Waals surface area contributed by atoms with E-state index in [1.807, 2.05) is 0 Å². The maximum Gasteiger partial charge on any atom is 0.335 e. The Morgan fingerprint density at radius 2 is 1.84 bits per heavy atom. The lowest BCUT2D eigenvalue weighted by molar-refractivity contribution is 0.0696. The van der Waals surface area contributed by atoms with Crippen LogP contribution in [-0.2, 0) is 6.61 Å². The van der Waals surface area contributed by atoms with E-state index >= 15 is 0 Å². The quantitative estimate of drug-likeness (QED) is 0.730. The van der Waals surface area contributed by atoms with Gasteiger partial charge in [0, 0.05) is 16.5 Å². The first kappa shape index (κ1) is 16.7. The molecule has 25 heavy (non-hydrogen) atoms. The molecule has 0 bridgehead atoms. The summed E-state index contributed by atoms with van der Waals surface area (Å²) in [4.78, 5) is 26.5. The number of carboxylic acid groups (broad SMARTS) is 1. The first-order valence-corrected chi connectivity index (χ1v) is 7.67. The molecule has 0 atom stereocenters. The first-order chi connectivity index (χ1) is 11.9. The zero-order valence-corrected chi connectivity index (χ0v) is 13.7. The van der Waals surface area contributed by atoms with Gasteiger partial charge in [-0.15, -0.1) is 0 Å². The van der Waals surface area contributed by atoms with E-state index in [1.165, 1.54) is 18.2 Å². The monoisotopic (exact) mass is 356 g/mol. The number of hydrogen-bond acceptors (Lipinski definition) is 4. The highest BCUT2D eigenvalue weighted by molar-refractivity contribution is 6.31. The zero-order valence-electron chi connectivity index (χ0n) is 12.9. The van der Waals surface area contributed by atoms with Crippen molar-refractivity contribution >= 4 is 34.4 Å². The molecule has 1 heterocycles. The van der Waals surface area contributed by atoms with Gasteiger partial charge in [-0.25, -0.2) is 9.78 Å². The van der Waals surface area contributed by atoms with E-state index in [4.69, 9.17) is 27.2 Å². The van der Waals surface area contributed by atoms with Crippen LogP contribution in [-0.4, -0.2) is 22.0 Å². The maximum atomic E-state index is 11.5. The Balaban J connectivity index is 1.91. The van der Waals surface area contributed by atoms with Gasteiger partial charge in [-0.2, -0.15) is 0 Å². The fraction of sp³-hybridized carbons (Fsp3) is 0.0556. The second kappa shape index (κ2) is 6.78. The predicted molar refractivity (Wildman–Crippen MR) is 93.0 cm³/mol. The van der Waals surface area contributed by atoms with Gasteiger partial charge >= 0.3 is 5.97 Å². The topological polar surface area (TPSA) is 103 Å². The van der Waals surface area contributed by atoms with E-state index < -0.39 is 11.9 Å². The lowest BCUT2D eigenvalue weighted by atomic mass is 10.1. The van der Waals surface area contributed by atoms with Crippen LogP contribution in [0.15, 0.2) is 48.5 Å². The summed E-state index contributed by atoms with van der Waals surface area (Å²) < 4.78 is 5.80. The number of nitrogens with zero attached hydrogens (tertiary/aromatic N) is 1. The molecule has 0 radical (unpaired) electrons. The van der Waals surface area contributed by atoms with Crippen molar-refractivity contribution in [3.63, 3.8) is 0 Å². The average molecular weight is 357 g/mol. The molecule has 1 aromatic heterocycles. The largest absolute Gasteiger partial charge is 0.488 e. The van der Waals surface area contributed by atoms with Crippen LogP contribution in [0.5, 0.6) is 5.75 Å². The molecular weight excluding hydrogens is 344 g/mol. The van der Waals surface area contributed by atoms with E-state index in [0.717, 1.165) is 5.56 Å². The van der Waals surface area contributed by atoms with Gasteiger partial charge in [0.05, 0.1) is 11.1 Å². The lowest BCUT2D eigenvalue weighted by Gasteiger charge is -2.11. The Labute approximate surface area is 147 Å². The van der Waals surface area contributed by atoms with E-state index in [2.05, 4.69) is 4.98 Å². The molecule has 0 aliphatic rings. The number of benzene rings is 2. The Bertz CT molecular complexity index is 971. The maximum absolute atomic E-state index is 11.5. The van der Waals surface area contributed by atoms with Crippen LogP contribution < -0.4 is 10.5 Å². The molecule has 126 valence electrons. The standard InChI is InChI=1S/C18H13ClN2O4/c19-12-5-6-13-14(7-12)21-15(17(20)22)8-16(13)25-9-10-1-3-11(4-2-10)18(23)24/h1-8H,9H2,(H2,20,22)(H,23,24). The molecule has 7 heteroatoms. The number of carbonyl (C=O) groups is 2. The molecular formula is C18H13ClN2O4. The molecule has 3 rings (SSSR count). The van der Waals surface area contributed by atoms with Gasteiger partial charge in [0.2, 0.25) is 0 Å². The van der Waals surface area contributed by atoms with Gasteiger partial charge in [-0.3, -0.25) is 4.79 Å². The van der Waals surface area contributed by atoms with Crippen LogP contribution in [0.2, 0.25) is 5.02 Å². The van der Waals surface area contributed by atoms with Gasteiger partial charge in [0.25, 0.3) is 5.91 Å². The Morgan fingerprint density at radius 3 is 2.48 bits per heavy atom. The number of ether oxygens (including phenoxy) is 1. The smallest absolute Gasteiger partial charge is 0.335 e. The summed E-state index contributed by atoms with van der Waals surface area (Å²) in [5, 5.41) is 10.1. The van der Waals surface area contributed by atoms with E-state index in [0.29, 0.717) is 21.7 Å². The van der Waals surface area contributed by atoms with Crippen molar-refractivity contribution < 1.29 is 19.4 Å². The number of carbonyl (C=O) groups excluding carboxylic acids is 1. The SMILES string of the molecule is NC(=O)c1cc(OCc2ccc(C(=O)O)cc2)c2ccc(Cl)cc2n1. The number of pyridine rings is 1. The Hall–Kier alpha value is -3.12. The van der Waals surface area contributed by atoms with Crippen molar-refractivity contribution in [1.29, 1.82) is 0 Å². The molecule has 0 spiro atoms. The number of halogens is 1. The van der Waals surface area contributed by atoms with Crippen molar-refractivity contribution in [1.82, 2.24) is 4.98 Å². The van der Waals surface area contributed by atoms with Crippen LogP contribution >= 0.6 is 11.6 Å². The highest BCUT2D eigenvalue weighted by atomic mass is 35.5. The summed E-state index contributed by atoms with van der Waals surface area (Å²) in [5.74, 6) is -1.22. The molecule has 0 fully saturated rings. The number of aromatic nitrogens is 1. The third kappa shape index (κ3) is 3.70. The third-order valence-corrected chi connectivity index (χ3v) is 3.82. The summed E-state index contributed by atoms with van der Waals surface area (Å²) in [6.45, 7) is 0.194. The second-order valence-corrected chi connectivity index (χ2v) is 5.76. The second-order valence-electron chi connectivity index (χ2n) is 5.32. The van der Waals surface area contributed by atoms with Crippen LogP contribution in [0, 0.1) is 0 Å². The van der Waals surface area contributed by atoms with Gasteiger partial charge in [0.1, 0.15) is 18.1 Å². The molecule has 0 aliphatic carbocycles. The van der Waals surface area contributed by atoms with Crippen LogP contribution in [0.4, 0.5) is 0 Å². The van der Waals surface area contributed by atoms with Gasteiger partial charge in [-0.05, 0) is 35.9 Å². The van der Waals surface area contributed by atoms with Gasteiger partial charge in [0.15, 0.2) is 0 Å². The van der Waals surface area contributed by atoms with Crippen molar-refractivity contribution in [2.24, 2.45) is 5.73 Å². The molecule has 0 unspecified atom stereocenters. The Kier molecular flexibility index (Phi) is 4.54. The molecule has 3 aromatic rings. The number of nitrogens with two attached hydrogens (primary N) is 1. The summed E-state index contributed by atoms with van der Waals surface area (Å²) in [6, 6.07) is 12.9. The van der Waals surface area contributed by atoms with Crippen molar-refractivity contribution in [2.45, 2.75) is 6.61 Å². The molecule has 3 N–H and O–H groups in total. The summed E-state index contributed by atoms with van der Waals surface area (Å²) in [5.41, 5.74) is 6.87. The third-order valence-electron chi connectivity index (χ3n) is 3.58. The highest BCUT2D eigenvalue weighted by Gasteiger charge is 2.11. The number of hydrogen-bond donors (Lipinski definition) is 2. The summed E-state index contributed by atoms with van der Waals surface area (Å²) in [7, 11) is 0. The van der Waals surface area contributed by atoms with Crippen molar-refractivity contribution in [3.05, 3.63) is 70.4 Å². The van der Waals surface area contributed by atoms with Crippen LogP contribution in [0.3, 0.4) is 0 Å². The number of fused-ring (bicyclic) bond motifs is 1. The Morgan fingerprint density at radius 1 is 1.12 bits per heavy atom. The number of rotatable bonds is 5. The van der Waals surface area contributed by atoms with Crippen LogP contribution in [0.25, 0.3) is 10.9 Å². The molecule has 2 aromatic carbocycles. The number of aromatic carboxylic acids is 1. The number of primary amides is 1.